The molecule has 0 aromatic heterocycles. The van der Waals surface area contributed by atoms with Gasteiger partial charge in [0.25, 0.3) is 5.91 Å². The van der Waals surface area contributed by atoms with E-state index in [0.29, 0.717) is 23.1 Å². The van der Waals surface area contributed by atoms with Crippen molar-refractivity contribution in [2.45, 2.75) is 12.8 Å². The van der Waals surface area contributed by atoms with Crippen LogP contribution in [0.15, 0.2) is 18.2 Å². The Balaban J connectivity index is 1.77. The fraction of sp³-hybridized carbons (Fsp3) is 0.462. The van der Waals surface area contributed by atoms with Crippen molar-refractivity contribution < 1.29 is 14.3 Å². The van der Waals surface area contributed by atoms with Crippen molar-refractivity contribution in [2.75, 3.05) is 26.0 Å². The minimum Gasteiger partial charge on any atom is -0.495 e. The molecule has 0 unspecified atom stereocenters. The van der Waals surface area contributed by atoms with Gasteiger partial charge in [0.1, 0.15) is 11.5 Å². The summed E-state index contributed by atoms with van der Waals surface area (Å²) in [6.07, 6.45) is 2.44. The molecule has 0 spiro atoms. The summed E-state index contributed by atoms with van der Waals surface area (Å²) in [5.74, 6) is 1.73. The Labute approximate surface area is 106 Å². The SMILES string of the molecule is COc1ccc(OCC(=O)NCC2CC2)cc1N. The topological polar surface area (TPSA) is 73.6 Å². The molecule has 5 heteroatoms. The lowest BCUT2D eigenvalue weighted by molar-refractivity contribution is -0.123. The molecule has 1 saturated carbocycles. The molecule has 0 radical (unpaired) electrons. The molecule has 3 N–H and O–H groups in total. The molecule has 1 fully saturated rings. The molecular weight excluding hydrogens is 232 g/mol. The van der Waals surface area contributed by atoms with Crippen LogP contribution in [0.5, 0.6) is 11.5 Å². The first-order chi connectivity index (χ1) is 8.69. The number of nitrogen functional groups attached to an aromatic ring is 1. The summed E-state index contributed by atoms with van der Waals surface area (Å²) in [5.41, 5.74) is 6.23. The van der Waals surface area contributed by atoms with Crippen molar-refractivity contribution in [3.63, 3.8) is 0 Å². The van der Waals surface area contributed by atoms with E-state index in [1.165, 1.54) is 12.8 Å². The predicted molar refractivity (Wildman–Crippen MR) is 68.6 cm³/mol. The number of rotatable bonds is 6. The average molecular weight is 250 g/mol. The molecule has 5 nitrogen and oxygen atoms in total. The van der Waals surface area contributed by atoms with E-state index in [1.807, 2.05) is 0 Å². The number of hydrogen-bond donors (Lipinski definition) is 2. The van der Waals surface area contributed by atoms with E-state index in [-0.39, 0.29) is 12.5 Å². The maximum atomic E-state index is 11.5. The van der Waals surface area contributed by atoms with Crippen LogP contribution in [-0.2, 0) is 4.79 Å². The van der Waals surface area contributed by atoms with Crippen LogP contribution in [0.2, 0.25) is 0 Å². The number of carbonyl (C=O) groups excluding carboxylic acids is 1. The Hall–Kier alpha value is -1.91. The van der Waals surface area contributed by atoms with Crippen molar-refractivity contribution >= 4 is 11.6 Å². The highest BCUT2D eigenvalue weighted by Crippen LogP contribution is 2.27. The summed E-state index contributed by atoms with van der Waals surface area (Å²) in [4.78, 5) is 11.5. The quantitative estimate of drug-likeness (QED) is 0.744. The lowest BCUT2D eigenvalue weighted by Gasteiger charge is -2.09. The molecule has 1 amide bonds. The third kappa shape index (κ3) is 3.55. The Kier molecular flexibility index (Phi) is 3.92. The number of anilines is 1. The molecular formula is C13H18N2O3. The molecule has 18 heavy (non-hydrogen) atoms. The van der Waals surface area contributed by atoms with Crippen LogP contribution in [0.1, 0.15) is 12.8 Å². The Morgan fingerprint density at radius 3 is 2.89 bits per heavy atom. The lowest BCUT2D eigenvalue weighted by atomic mass is 10.3. The molecule has 98 valence electrons. The van der Waals surface area contributed by atoms with Gasteiger partial charge in [0.15, 0.2) is 6.61 Å². The van der Waals surface area contributed by atoms with Crippen molar-refractivity contribution in [3.8, 4) is 11.5 Å². The van der Waals surface area contributed by atoms with Gasteiger partial charge in [-0.25, -0.2) is 0 Å². The van der Waals surface area contributed by atoms with Crippen LogP contribution in [-0.4, -0.2) is 26.2 Å². The number of nitrogens with one attached hydrogen (secondary N) is 1. The highest BCUT2D eigenvalue weighted by molar-refractivity contribution is 5.77. The molecule has 0 saturated heterocycles. The first-order valence-electron chi connectivity index (χ1n) is 6.02. The van der Waals surface area contributed by atoms with Gasteiger partial charge in [0.2, 0.25) is 0 Å². The second kappa shape index (κ2) is 5.62. The van der Waals surface area contributed by atoms with Gasteiger partial charge in [0, 0.05) is 12.6 Å². The fourth-order valence-corrected chi connectivity index (χ4v) is 1.58. The number of hydrogen-bond acceptors (Lipinski definition) is 4. The molecule has 0 atom stereocenters. The van der Waals surface area contributed by atoms with E-state index in [4.69, 9.17) is 15.2 Å². The third-order valence-electron chi connectivity index (χ3n) is 2.86. The van der Waals surface area contributed by atoms with Crippen LogP contribution in [0.25, 0.3) is 0 Å². The molecule has 0 aliphatic heterocycles. The van der Waals surface area contributed by atoms with E-state index < -0.39 is 0 Å². The zero-order valence-electron chi connectivity index (χ0n) is 10.4. The number of benzene rings is 1. The highest BCUT2D eigenvalue weighted by Gasteiger charge is 2.21. The minimum absolute atomic E-state index is 0.0124. The van der Waals surface area contributed by atoms with Crippen LogP contribution in [0, 0.1) is 5.92 Å². The van der Waals surface area contributed by atoms with Crippen LogP contribution in [0.3, 0.4) is 0 Å². The number of carbonyl (C=O) groups is 1. The van der Waals surface area contributed by atoms with Crippen LogP contribution >= 0.6 is 0 Å². The van der Waals surface area contributed by atoms with E-state index in [0.717, 1.165) is 6.54 Å². The third-order valence-corrected chi connectivity index (χ3v) is 2.86. The first-order valence-corrected chi connectivity index (χ1v) is 6.02. The maximum absolute atomic E-state index is 11.5. The molecule has 1 aliphatic rings. The van der Waals surface area contributed by atoms with Gasteiger partial charge in [-0.3, -0.25) is 4.79 Å². The first kappa shape index (κ1) is 12.5. The second-order valence-corrected chi connectivity index (χ2v) is 4.44. The van der Waals surface area contributed by atoms with Crippen molar-refractivity contribution in [3.05, 3.63) is 18.2 Å². The number of amides is 1. The summed E-state index contributed by atoms with van der Waals surface area (Å²) < 4.78 is 10.4. The smallest absolute Gasteiger partial charge is 0.257 e. The summed E-state index contributed by atoms with van der Waals surface area (Å²) in [5, 5.41) is 2.83. The molecule has 2 rings (SSSR count). The molecule has 0 bridgehead atoms. The highest BCUT2D eigenvalue weighted by atomic mass is 16.5. The molecule has 0 heterocycles. The Morgan fingerprint density at radius 1 is 1.50 bits per heavy atom. The van der Waals surface area contributed by atoms with Gasteiger partial charge in [-0.15, -0.1) is 0 Å². The normalized spacial score (nSPS) is 14.1. The Bertz CT molecular complexity index is 430. The van der Waals surface area contributed by atoms with E-state index in [2.05, 4.69) is 5.32 Å². The summed E-state index contributed by atoms with van der Waals surface area (Å²) in [6.45, 7) is 0.769. The summed E-state index contributed by atoms with van der Waals surface area (Å²) in [7, 11) is 1.55. The van der Waals surface area contributed by atoms with Crippen molar-refractivity contribution in [1.82, 2.24) is 5.32 Å². The number of nitrogens with two attached hydrogens (primary N) is 1. The number of methoxy groups -OCH3 is 1. The summed E-state index contributed by atoms with van der Waals surface area (Å²) >= 11 is 0. The maximum Gasteiger partial charge on any atom is 0.257 e. The predicted octanol–water partition coefficient (Wildman–Crippen LogP) is 1.18. The van der Waals surface area contributed by atoms with E-state index in [1.54, 1.807) is 25.3 Å². The Morgan fingerprint density at radius 2 is 2.28 bits per heavy atom. The zero-order valence-corrected chi connectivity index (χ0v) is 10.4. The minimum atomic E-state index is -0.101. The van der Waals surface area contributed by atoms with E-state index >= 15 is 0 Å². The molecule has 1 aromatic rings. The standard InChI is InChI=1S/C13H18N2O3/c1-17-12-5-4-10(6-11(12)14)18-8-13(16)15-7-9-2-3-9/h4-6,9H,2-3,7-8,14H2,1H3,(H,15,16). The zero-order chi connectivity index (χ0) is 13.0. The fourth-order valence-electron chi connectivity index (χ4n) is 1.58. The van der Waals surface area contributed by atoms with Crippen molar-refractivity contribution in [2.24, 2.45) is 5.92 Å². The molecule has 1 aromatic carbocycles. The average Bonchev–Trinajstić information content (AvgIpc) is 3.18. The summed E-state index contributed by atoms with van der Waals surface area (Å²) in [6, 6.07) is 5.09. The van der Waals surface area contributed by atoms with Crippen molar-refractivity contribution in [1.29, 1.82) is 0 Å². The van der Waals surface area contributed by atoms with Gasteiger partial charge < -0.3 is 20.5 Å². The lowest BCUT2D eigenvalue weighted by Crippen LogP contribution is -2.30. The molecule has 1 aliphatic carbocycles. The largest absolute Gasteiger partial charge is 0.495 e. The van der Waals surface area contributed by atoms with Crippen LogP contribution < -0.4 is 20.5 Å². The van der Waals surface area contributed by atoms with Gasteiger partial charge in [-0.2, -0.15) is 0 Å². The van der Waals surface area contributed by atoms with Gasteiger partial charge >= 0.3 is 0 Å². The number of ether oxygens (including phenoxy) is 2. The van der Waals surface area contributed by atoms with Gasteiger partial charge in [0.05, 0.1) is 12.8 Å². The van der Waals surface area contributed by atoms with E-state index in [9.17, 15) is 4.79 Å². The van der Waals surface area contributed by atoms with Gasteiger partial charge in [-0.05, 0) is 30.9 Å². The monoisotopic (exact) mass is 250 g/mol. The van der Waals surface area contributed by atoms with Crippen LogP contribution in [0.4, 0.5) is 5.69 Å². The van der Waals surface area contributed by atoms with Gasteiger partial charge in [-0.1, -0.05) is 0 Å². The second-order valence-electron chi connectivity index (χ2n) is 4.44.